The molecular weight excluding hydrogens is 372 g/mol. The van der Waals surface area contributed by atoms with Crippen LogP contribution in [0.15, 0.2) is 0 Å². The Morgan fingerprint density at radius 3 is 2.13 bits per heavy atom. The topological polar surface area (TPSA) is 46.5 Å². The summed E-state index contributed by atoms with van der Waals surface area (Å²) >= 11 is 0. The highest BCUT2D eigenvalue weighted by atomic mass is 16.5. The quantitative estimate of drug-likeness (QED) is 0.513. The van der Waals surface area contributed by atoms with Gasteiger partial charge in [-0.2, -0.15) is 0 Å². The molecule has 4 aliphatic rings. The molecule has 0 bridgehead atoms. The first-order valence-corrected chi connectivity index (χ1v) is 12.6. The summed E-state index contributed by atoms with van der Waals surface area (Å²) in [6.07, 6.45) is 7.91. The van der Waals surface area contributed by atoms with Crippen LogP contribution in [0, 0.1) is 51.2 Å². The van der Waals surface area contributed by atoms with E-state index in [1.54, 1.807) is 0 Å². The third-order valence-corrected chi connectivity index (χ3v) is 10.8. The largest absolute Gasteiger partial charge is 0.462 e. The average molecular weight is 419 g/mol. The maximum absolute atomic E-state index is 11.7. The second kappa shape index (κ2) is 6.96. The van der Waals surface area contributed by atoms with Crippen molar-refractivity contribution in [3.63, 3.8) is 0 Å². The van der Waals surface area contributed by atoms with E-state index in [1.807, 2.05) is 0 Å². The molecule has 30 heavy (non-hydrogen) atoms. The Balaban J connectivity index is 1.65. The minimum Gasteiger partial charge on any atom is -0.462 e. The number of hydrogen-bond donors (Lipinski definition) is 1. The molecule has 0 aromatic heterocycles. The number of ether oxygens (including phenoxy) is 1. The van der Waals surface area contributed by atoms with Crippen molar-refractivity contribution in [1.82, 2.24) is 0 Å². The molecule has 0 amide bonds. The van der Waals surface area contributed by atoms with Gasteiger partial charge >= 0.3 is 5.97 Å². The van der Waals surface area contributed by atoms with E-state index in [4.69, 9.17) is 4.74 Å². The minimum absolute atomic E-state index is 0.0788. The molecule has 9 unspecified atom stereocenters. The fraction of sp³-hybridized carbons (Fsp3) is 0.963. The maximum Gasteiger partial charge on any atom is 0.302 e. The Bertz CT molecular complexity index is 691. The van der Waals surface area contributed by atoms with Crippen molar-refractivity contribution in [3.05, 3.63) is 0 Å². The van der Waals surface area contributed by atoms with Crippen molar-refractivity contribution < 1.29 is 14.6 Å². The first-order chi connectivity index (χ1) is 13.7. The first kappa shape index (κ1) is 22.6. The van der Waals surface area contributed by atoms with Gasteiger partial charge in [-0.1, -0.05) is 48.5 Å². The van der Waals surface area contributed by atoms with Gasteiger partial charge in [-0.15, -0.1) is 0 Å². The molecule has 1 N–H and O–H groups in total. The normalized spacial score (nSPS) is 50.2. The van der Waals surface area contributed by atoms with Crippen molar-refractivity contribution in [2.75, 3.05) is 0 Å². The van der Waals surface area contributed by atoms with Gasteiger partial charge in [0.2, 0.25) is 0 Å². The molecule has 9 atom stereocenters. The minimum atomic E-state index is -0.291. The Hall–Kier alpha value is -0.570. The zero-order chi connectivity index (χ0) is 22.3. The molecule has 3 nitrogen and oxygen atoms in total. The summed E-state index contributed by atoms with van der Waals surface area (Å²) in [5, 5.41) is 11.6. The number of aliphatic hydroxyl groups is 1. The number of rotatable bonds is 1. The smallest absolute Gasteiger partial charge is 0.302 e. The van der Waals surface area contributed by atoms with Crippen molar-refractivity contribution >= 4 is 5.97 Å². The molecule has 0 aromatic carbocycles. The Morgan fingerprint density at radius 1 is 0.933 bits per heavy atom. The van der Waals surface area contributed by atoms with Crippen LogP contribution in [0.5, 0.6) is 0 Å². The van der Waals surface area contributed by atoms with Crippen LogP contribution in [0.4, 0.5) is 0 Å². The predicted molar refractivity (Wildman–Crippen MR) is 121 cm³/mol. The van der Waals surface area contributed by atoms with Crippen LogP contribution in [0.1, 0.15) is 100 Å². The van der Waals surface area contributed by atoms with E-state index in [2.05, 4.69) is 48.5 Å². The molecule has 0 spiro atoms. The molecule has 0 aromatic rings. The maximum atomic E-state index is 11.7. The van der Waals surface area contributed by atoms with E-state index in [-0.39, 0.29) is 34.9 Å². The van der Waals surface area contributed by atoms with E-state index in [0.717, 1.165) is 31.1 Å². The van der Waals surface area contributed by atoms with Gasteiger partial charge in [-0.25, -0.2) is 0 Å². The van der Waals surface area contributed by atoms with E-state index >= 15 is 0 Å². The summed E-state index contributed by atoms with van der Waals surface area (Å²) < 4.78 is 5.77. The van der Waals surface area contributed by atoms with Crippen molar-refractivity contribution in [1.29, 1.82) is 0 Å². The van der Waals surface area contributed by atoms with Crippen molar-refractivity contribution in [2.45, 2.75) is 113 Å². The lowest BCUT2D eigenvalue weighted by atomic mass is 9.40. The zero-order valence-corrected chi connectivity index (χ0v) is 20.8. The fourth-order valence-electron chi connectivity index (χ4n) is 10.1. The van der Waals surface area contributed by atoms with Gasteiger partial charge in [0.25, 0.3) is 0 Å². The van der Waals surface area contributed by atoms with Gasteiger partial charge in [-0.05, 0) is 90.8 Å². The van der Waals surface area contributed by atoms with E-state index < -0.39 is 0 Å². The zero-order valence-electron chi connectivity index (χ0n) is 20.8. The van der Waals surface area contributed by atoms with Crippen LogP contribution in [0.3, 0.4) is 0 Å². The molecule has 4 rings (SSSR count). The lowest BCUT2D eigenvalue weighted by Crippen LogP contribution is -2.64. The summed E-state index contributed by atoms with van der Waals surface area (Å²) in [7, 11) is 0. The number of esters is 1. The summed E-state index contributed by atoms with van der Waals surface area (Å²) in [6.45, 7) is 18.4. The lowest BCUT2D eigenvalue weighted by Gasteiger charge is -2.66. The predicted octanol–water partition coefficient (Wildman–Crippen LogP) is 6.23. The SMILES string of the molecule is CC(=O)OC1CCC2(C)C3CCC4(C)C(CCC4C(C)(C)C)C3CC(O)C2C1(C)C. The third kappa shape index (κ3) is 3.11. The van der Waals surface area contributed by atoms with Crippen LogP contribution in [-0.4, -0.2) is 23.3 Å². The van der Waals surface area contributed by atoms with Gasteiger partial charge in [0.05, 0.1) is 6.10 Å². The highest BCUT2D eigenvalue weighted by molar-refractivity contribution is 5.66. The van der Waals surface area contributed by atoms with Gasteiger partial charge < -0.3 is 9.84 Å². The Morgan fingerprint density at radius 2 is 1.53 bits per heavy atom. The number of aliphatic hydroxyl groups excluding tert-OH is 1. The molecular formula is C27H46O3. The van der Waals surface area contributed by atoms with Gasteiger partial charge in [-0.3, -0.25) is 4.79 Å². The fourth-order valence-corrected chi connectivity index (χ4v) is 10.1. The molecule has 0 saturated heterocycles. The summed E-state index contributed by atoms with van der Waals surface area (Å²) in [5.41, 5.74) is 0.740. The molecule has 0 heterocycles. The molecule has 0 aliphatic heterocycles. The lowest BCUT2D eigenvalue weighted by molar-refractivity contribution is -0.226. The molecule has 0 radical (unpaired) electrons. The molecule has 3 heteroatoms. The molecule has 4 saturated carbocycles. The van der Waals surface area contributed by atoms with Crippen LogP contribution in [0.25, 0.3) is 0 Å². The van der Waals surface area contributed by atoms with Gasteiger partial charge in [0.1, 0.15) is 6.10 Å². The van der Waals surface area contributed by atoms with E-state index in [1.165, 1.54) is 32.6 Å². The Kier molecular flexibility index (Phi) is 5.25. The average Bonchev–Trinajstić information content (AvgIpc) is 2.94. The highest BCUT2D eigenvalue weighted by Crippen LogP contribution is 2.71. The number of carbonyl (C=O) groups excluding carboxylic acids is 1. The summed E-state index contributed by atoms with van der Waals surface area (Å²) in [5.74, 6) is 2.90. The summed E-state index contributed by atoms with van der Waals surface area (Å²) in [6, 6.07) is 0. The van der Waals surface area contributed by atoms with E-state index in [9.17, 15) is 9.90 Å². The van der Waals surface area contributed by atoms with Crippen LogP contribution >= 0.6 is 0 Å². The first-order valence-electron chi connectivity index (χ1n) is 12.6. The standard InChI is InChI=1S/C27H46O3/c1-16(28)30-22-12-14-27(8)19-11-13-26(7)18(9-10-21(26)24(2,3)4)17(19)15-20(29)23(27)25(22,5)6/h17-23,29H,9-15H2,1-8H3. The van der Waals surface area contributed by atoms with Crippen LogP contribution in [-0.2, 0) is 9.53 Å². The third-order valence-electron chi connectivity index (χ3n) is 10.8. The summed E-state index contributed by atoms with van der Waals surface area (Å²) in [4.78, 5) is 11.7. The Labute approximate surface area is 184 Å². The second-order valence-electron chi connectivity index (χ2n) is 13.7. The van der Waals surface area contributed by atoms with E-state index in [0.29, 0.717) is 22.7 Å². The number of hydrogen-bond acceptors (Lipinski definition) is 3. The van der Waals surface area contributed by atoms with Crippen LogP contribution in [0.2, 0.25) is 0 Å². The number of carbonyl (C=O) groups is 1. The van der Waals surface area contributed by atoms with Crippen molar-refractivity contribution in [3.8, 4) is 0 Å². The van der Waals surface area contributed by atoms with Gasteiger partial charge in [0.15, 0.2) is 0 Å². The van der Waals surface area contributed by atoms with Crippen molar-refractivity contribution in [2.24, 2.45) is 51.2 Å². The van der Waals surface area contributed by atoms with Crippen LogP contribution < -0.4 is 0 Å². The van der Waals surface area contributed by atoms with Gasteiger partial charge in [0, 0.05) is 12.3 Å². The highest BCUT2D eigenvalue weighted by Gasteiger charge is 2.66. The molecule has 172 valence electrons. The number of fused-ring (bicyclic) bond motifs is 5. The second-order valence-corrected chi connectivity index (χ2v) is 13.7. The molecule has 4 aliphatic carbocycles. The monoisotopic (exact) mass is 418 g/mol. The molecule has 4 fully saturated rings.